The molecule has 2 aliphatic carbocycles. The first-order valence-corrected chi connectivity index (χ1v) is 10.9. The highest BCUT2D eigenvalue weighted by atomic mass is 19.3. The quantitative estimate of drug-likeness (QED) is 0.731. The SMILES string of the molecule is O=C1c2cc(-c3nnc(C(F)F)o3)ccc2CN1[C@@H]1CCCC[C@H]1NC(=O)C1(O)CCC1. The standard InChI is InChI=1S/C22H24F2N4O4/c23-17(24)19-27-26-18(32-19)12-6-7-13-11-28(20(29)14(13)10-12)16-5-2-1-4-15(16)25-21(30)22(31)8-3-9-22/h6-7,10,15-17,31H,1-5,8-9,11H2,(H,25,30)/t15-,16-/m1/s1. The van der Waals surface area contributed by atoms with Crippen molar-refractivity contribution in [3.05, 3.63) is 35.2 Å². The van der Waals surface area contributed by atoms with Crippen LogP contribution >= 0.6 is 0 Å². The Morgan fingerprint density at radius 2 is 2.00 bits per heavy atom. The number of aliphatic hydroxyl groups is 1. The molecule has 2 amide bonds. The van der Waals surface area contributed by atoms with Crippen molar-refractivity contribution >= 4 is 11.8 Å². The molecule has 1 aromatic carbocycles. The zero-order valence-corrected chi connectivity index (χ0v) is 17.4. The normalized spacial score (nSPS) is 24.4. The van der Waals surface area contributed by atoms with E-state index in [0.29, 0.717) is 30.5 Å². The molecule has 0 unspecified atom stereocenters. The Hall–Kier alpha value is -2.88. The lowest BCUT2D eigenvalue weighted by Crippen LogP contribution is -2.59. The van der Waals surface area contributed by atoms with Gasteiger partial charge in [0, 0.05) is 23.7 Å². The molecule has 3 aliphatic rings. The summed E-state index contributed by atoms with van der Waals surface area (Å²) in [7, 11) is 0. The number of nitrogens with zero attached hydrogens (tertiary/aromatic N) is 3. The van der Waals surface area contributed by atoms with E-state index in [1.54, 1.807) is 23.1 Å². The Balaban J connectivity index is 1.35. The van der Waals surface area contributed by atoms with Crippen molar-refractivity contribution in [1.82, 2.24) is 20.4 Å². The molecule has 0 spiro atoms. The number of aromatic nitrogens is 2. The average molecular weight is 446 g/mol. The van der Waals surface area contributed by atoms with E-state index in [0.717, 1.165) is 37.7 Å². The van der Waals surface area contributed by atoms with Crippen LogP contribution in [-0.4, -0.2) is 49.7 Å². The summed E-state index contributed by atoms with van der Waals surface area (Å²) < 4.78 is 30.5. The van der Waals surface area contributed by atoms with Crippen LogP contribution < -0.4 is 5.32 Å². The third kappa shape index (κ3) is 3.56. The van der Waals surface area contributed by atoms with Gasteiger partial charge in [0.2, 0.25) is 5.89 Å². The number of hydrogen-bond acceptors (Lipinski definition) is 6. The monoisotopic (exact) mass is 446 g/mol. The molecule has 8 nitrogen and oxygen atoms in total. The topological polar surface area (TPSA) is 109 Å². The maximum Gasteiger partial charge on any atom is 0.314 e. The highest BCUT2D eigenvalue weighted by Crippen LogP contribution is 2.35. The molecule has 1 aliphatic heterocycles. The second-order valence-corrected chi connectivity index (χ2v) is 8.87. The fourth-order valence-electron chi connectivity index (χ4n) is 4.86. The summed E-state index contributed by atoms with van der Waals surface area (Å²) in [5.41, 5.74) is 0.406. The molecule has 2 aromatic rings. The highest BCUT2D eigenvalue weighted by Gasteiger charge is 2.45. The third-order valence-electron chi connectivity index (χ3n) is 6.87. The molecule has 0 radical (unpaired) electrons. The summed E-state index contributed by atoms with van der Waals surface area (Å²) in [5.74, 6) is -1.35. The number of nitrogens with one attached hydrogen (secondary N) is 1. The summed E-state index contributed by atoms with van der Waals surface area (Å²) in [6, 6.07) is 4.64. The van der Waals surface area contributed by atoms with Crippen molar-refractivity contribution in [2.75, 3.05) is 0 Å². The van der Waals surface area contributed by atoms with Gasteiger partial charge in [0.25, 0.3) is 17.7 Å². The number of carbonyl (C=O) groups excluding carboxylic acids is 2. The molecule has 2 heterocycles. The van der Waals surface area contributed by atoms with Crippen molar-refractivity contribution in [1.29, 1.82) is 0 Å². The number of alkyl halides is 2. The molecule has 32 heavy (non-hydrogen) atoms. The van der Waals surface area contributed by atoms with E-state index in [-0.39, 0.29) is 29.8 Å². The van der Waals surface area contributed by atoms with Gasteiger partial charge in [0.1, 0.15) is 5.60 Å². The Morgan fingerprint density at radius 1 is 1.22 bits per heavy atom. The van der Waals surface area contributed by atoms with Crippen molar-refractivity contribution in [2.45, 2.75) is 75.6 Å². The average Bonchev–Trinajstić information content (AvgIpc) is 3.38. The van der Waals surface area contributed by atoms with Crippen LogP contribution in [0.4, 0.5) is 8.78 Å². The maximum atomic E-state index is 13.3. The molecule has 170 valence electrons. The fraction of sp³-hybridized carbons (Fsp3) is 0.545. The molecule has 2 fully saturated rings. The number of benzene rings is 1. The van der Waals surface area contributed by atoms with E-state index in [2.05, 4.69) is 15.5 Å². The van der Waals surface area contributed by atoms with Gasteiger partial charge < -0.3 is 19.7 Å². The summed E-state index contributed by atoms with van der Waals surface area (Å²) in [6.07, 6.45) is 2.31. The van der Waals surface area contributed by atoms with Gasteiger partial charge in [0.15, 0.2) is 0 Å². The van der Waals surface area contributed by atoms with Crippen LogP contribution in [0, 0.1) is 0 Å². The van der Waals surface area contributed by atoms with E-state index in [1.807, 2.05) is 0 Å². The third-order valence-corrected chi connectivity index (χ3v) is 6.87. The van der Waals surface area contributed by atoms with Gasteiger partial charge in [-0.1, -0.05) is 18.9 Å². The summed E-state index contributed by atoms with van der Waals surface area (Å²) in [4.78, 5) is 27.6. The van der Waals surface area contributed by atoms with Crippen LogP contribution in [0.5, 0.6) is 0 Å². The van der Waals surface area contributed by atoms with Crippen LogP contribution in [0.1, 0.15) is 73.2 Å². The van der Waals surface area contributed by atoms with Gasteiger partial charge in [-0.3, -0.25) is 9.59 Å². The summed E-state index contributed by atoms with van der Waals surface area (Å²) in [5, 5.41) is 20.4. The van der Waals surface area contributed by atoms with E-state index >= 15 is 0 Å². The fourth-order valence-corrected chi connectivity index (χ4v) is 4.86. The smallest absolute Gasteiger partial charge is 0.314 e. The van der Waals surface area contributed by atoms with E-state index < -0.39 is 17.9 Å². The molecule has 2 saturated carbocycles. The lowest BCUT2D eigenvalue weighted by molar-refractivity contribution is -0.150. The van der Waals surface area contributed by atoms with Gasteiger partial charge in [-0.25, -0.2) is 0 Å². The predicted octanol–water partition coefficient (Wildman–Crippen LogP) is 2.97. The van der Waals surface area contributed by atoms with Gasteiger partial charge in [-0.2, -0.15) is 8.78 Å². The van der Waals surface area contributed by atoms with Gasteiger partial charge in [-0.05, 0) is 49.8 Å². The zero-order chi connectivity index (χ0) is 22.5. The predicted molar refractivity (Wildman–Crippen MR) is 108 cm³/mol. The van der Waals surface area contributed by atoms with Crippen LogP contribution in [-0.2, 0) is 11.3 Å². The Morgan fingerprint density at radius 3 is 2.69 bits per heavy atom. The van der Waals surface area contributed by atoms with Crippen molar-refractivity contribution in [3.8, 4) is 11.5 Å². The molecule has 0 saturated heterocycles. The molecule has 5 rings (SSSR count). The molecule has 0 bridgehead atoms. The number of rotatable bonds is 5. The molecular weight excluding hydrogens is 422 g/mol. The van der Waals surface area contributed by atoms with Gasteiger partial charge >= 0.3 is 6.43 Å². The number of carbonyl (C=O) groups is 2. The van der Waals surface area contributed by atoms with Gasteiger partial charge in [0.05, 0.1) is 6.04 Å². The van der Waals surface area contributed by atoms with Gasteiger partial charge in [-0.15, -0.1) is 10.2 Å². The van der Waals surface area contributed by atoms with Crippen molar-refractivity contribution < 1.29 is 27.9 Å². The van der Waals surface area contributed by atoms with Crippen molar-refractivity contribution in [2.24, 2.45) is 0 Å². The summed E-state index contributed by atoms with van der Waals surface area (Å²) >= 11 is 0. The molecule has 2 N–H and O–H groups in total. The maximum absolute atomic E-state index is 13.3. The Kier molecular flexibility index (Phi) is 5.19. The van der Waals surface area contributed by atoms with E-state index in [4.69, 9.17) is 4.42 Å². The molecular formula is C22H24F2N4O4. The minimum Gasteiger partial charge on any atom is -0.415 e. The first-order valence-electron chi connectivity index (χ1n) is 10.9. The second-order valence-electron chi connectivity index (χ2n) is 8.87. The first-order chi connectivity index (χ1) is 15.4. The van der Waals surface area contributed by atoms with Crippen LogP contribution in [0.15, 0.2) is 22.6 Å². The number of halogens is 2. The van der Waals surface area contributed by atoms with Crippen LogP contribution in [0.25, 0.3) is 11.5 Å². The highest BCUT2D eigenvalue weighted by molar-refractivity contribution is 5.99. The van der Waals surface area contributed by atoms with Crippen LogP contribution in [0.3, 0.4) is 0 Å². The number of hydrogen-bond donors (Lipinski definition) is 2. The van der Waals surface area contributed by atoms with E-state index in [9.17, 15) is 23.5 Å². The zero-order valence-electron chi connectivity index (χ0n) is 17.4. The molecule has 1 aromatic heterocycles. The lowest BCUT2D eigenvalue weighted by Gasteiger charge is -2.41. The largest absolute Gasteiger partial charge is 0.415 e. The minimum absolute atomic E-state index is 0.0640. The second kappa shape index (κ2) is 7.91. The first kappa shape index (κ1) is 21.0. The minimum atomic E-state index is -2.86. The summed E-state index contributed by atoms with van der Waals surface area (Å²) in [6.45, 7) is 0.405. The molecule has 10 heteroatoms. The lowest BCUT2D eigenvalue weighted by atomic mass is 9.79. The molecule has 2 atom stereocenters. The van der Waals surface area contributed by atoms with Crippen molar-refractivity contribution in [3.63, 3.8) is 0 Å². The Labute approximate surface area is 183 Å². The number of fused-ring (bicyclic) bond motifs is 1. The van der Waals surface area contributed by atoms with Crippen LogP contribution in [0.2, 0.25) is 0 Å². The van der Waals surface area contributed by atoms with E-state index in [1.165, 1.54) is 0 Å². The Bertz CT molecular complexity index is 1050. The number of amides is 2.